The molecule has 0 aliphatic rings. The van der Waals surface area contributed by atoms with Gasteiger partial charge in [0.15, 0.2) is 5.52 Å². The number of hydrogen-bond acceptors (Lipinski definition) is 7. The first-order valence-corrected chi connectivity index (χ1v) is 5.84. The van der Waals surface area contributed by atoms with Gasteiger partial charge in [0.25, 0.3) is 0 Å². The molecule has 0 saturated carbocycles. The molecule has 0 bridgehead atoms. The standard InChI is InChI=1S/C11H10N6O3/c12-4-3-9-13-5-6-16(9)7-1-2-8(17(18)19)11-10(7)14-20-15-11/h1-2,5-6H,3-4,12H2. The molecule has 0 aliphatic carbocycles. The summed E-state index contributed by atoms with van der Waals surface area (Å²) < 4.78 is 6.40. The zero-order valence-corrected chi connectivity index (χ0v) is 10.3. The number of nitro groups is 1. The van der Waals surface area contributed by atoms with Crippen LogP contribution in [0.5, 0.6) is 0 Å². The Morgan fingerprint density at radius 3 is 2.90 bits per heavy atom. The van der Waals surface area contributed by atoms with Crippen LogP contribution >= 0.6 is 0 Å². The molecule has 102 valence electrons. The minimum atomic E-state index is -0.523. The van der Waals surface area contributed by atoms with Crippen LogP contribution < -0.4 is 5.73 Å². The molecule has 0 amide bonds. The van der Waals surface area contributed by atoms with E-state index in [0.717, 1.165) is 5.82 Å². The smallest absolute Gasteiger partial charge is 0.300 e. The van der Waals surface area contributed by atoms with Crippen molar-refractivity contribution in [3.63, 3.8) is 0 Å². The first-order chi connectivity index (χ1) is 9.72. The Morgan fingerprint density at radius 1 is 1.35 bits per heavy atom. The van der Waals surface area contributed by atoms with Crippen LogP contribution in [0, 0.1) is 10.1 Å². The minimum Gasteiger partial charge on any atom is -0.330 e. The molecule has 0 aliphatic heterocycles. The van der Waals surface area contributed by atoms with E-state index in [1.165, 1.54) is 6.07 Å². The minimum absolute atomic E-state index is 0.111. The lowest BCUT2D eigenvalue weighted by Crippen LogP contribution is -2.09. The molecular formula is C11H10N6O3. The predicted molar refractivity (Wildman–Crippen MR) is 68.3 cm³/mol. The largest absolute Gasteiger partial charge is 0.330 e. The van der Waals surface area contributed by atoms with E-state index in [4.69, 9.17) is 5.73 Å². The number of rotatable bonds is 4. The van der Waals surface area contributed by atoms with Crippen molar-refractivity contribution in [2.24, 2.45) is 5.73 Å². The highest BCUT2D eigenvalue weighted by atomic mass is 16.6. The summed E-state index contributed by atoms with van der Waals surface area (Å²) in [7, 11) is 0. The molecule has 20 heavy (non-hydrogen) atoms. The fourth-order valence-corrected chi connectivity index (χ4v) is 2.05. The molecule has 0 saturated heterocycles. The summed E-state index contributed by atoms with van der Waals surface area (Å²) in [5.41, 5.74) is 6.43. The number of aromatic nitrogens is 4. The lowest BCUT2D eigenvalue weighted by Gasteiger charge is -2.06. The van der Waals surface area contributed by atoms with E-state index in [0.29, 0.717) is 24.2 Å². The number of nitrogens with zero attached hydrogens (tertiary/aromatic N) is 5. The fourth-order valence-electron chi connectivity index (χ4n) is 2.05. The third-order valence-electron chi connectivity index (χ3n) is 2.91. The van der Waals surface area contributed by atoms with Gasteiger partial charge in [-0.15, -0.1) is 0 Å². The van der Waals surface area contributed by atoms with Crippen molar-refractivity contribution in [1.29, 1.82) is 0 Å². The molecule has 9 heteroatoms. The van der Waals surface area contributed by atoms with Crippen LogP contribution in [0.2, 0.25) is 0 Å². The Balaban J connectivity index is 2.22. The van der Waals surface area contributed by atoms with E-state index in [9.17, 15) is 10.1 Å². The Labute approximate surface area is 112 Å². The SMILES string of the molecule is NCCc1nccn1-c1ccc([N+](=O)[O-])c2nonc12. The van der Waals surface area contributed by atoms with Crippen LogP contribution in [0.15, 0.2) is 29.2 Å². The third-order valence-corrected chi connectivity index (χ3v) is 2.91. The fraction of sp³-hybridized carbons (Fsp3) is 0.182. The number of hydrogen-bond donors (Lipinski definition) is 1. The molecule has 2 N–H and O–H groups in total. The van der Waals surface area contributed by atoms with Gasteiger partial charge >= 0.3 is 5.69 Å². The van der Waals surface area contributed by atoms with Crippen molar-refractivity contribution in [1.82, 2.24) is 19.9 Å². The Bertz CT molecular complexity index is 777. The highest BCUT2D eigenvalue weighted by molar-refractivity contribution is 5.90. The quantitative estimate of drug-likeness (QED) is 0.551. The predicted octanol–water partition coefficient (Wildman–Crippen LogP) is 0.818. The second kappa shape index (κ2) is 4.70. The molecule has 0 fully saturated rings. The van der Waals surface area contributed by atoms with E-state index in [1.807, 2.05) is 0 Å². The molecule has 3 aromatic rings. The van der Waals surface area contributed by atoms with Crippen molar-refractivity contribution in [3.8, 4) is 5.69 Å². The maximum absolute atomic E-state index is 10.9. The number of benzene rings is 1. The van der Waals surface area contributed by atoms with Crippen LogP contribution in [-0.4, -0.2) is 31.3 Å². The van der Waals surface area contributed by atoms with Gasteiger partial charge in [-0.05, 0) is 22.9 Å². The first kappa shape index (κ1) is 12.2. The Hall–Kier alpha value is -2.81. The highest BCUT2D eigenvalue weighted by Gasteiger charge is 2.21. The zero-order valence-electron chi connectivity index (χ0n) is 10.3. The molecule has 3 rings (SSSR count). The van der Waals surface area contributed by atoms with E-state index in [2.05, 4.69) is 19.9 Å². The summed E-state index contributed by atoms with van der Waals surface area (Å²) in [6, 6.07) is 2.96. The van der Waals surface area contributed by atoms with Crippen molar-refractivity contribution >= 4 is 16.7 Å². The summed E-state index contributed by atoms with van der Waals surface area (Å²) in [5, 5.41) is 18.3. The molecule has 0 atom stereocenters. The number of non-ortho nitro benzene ring substituents is 1. The van der Waals surface area contributed by atoms with Crippen LogP contribution in [0.25, 0.3) is 16.7 Å². The summed E-state index contributed by atoms with van der Waals surface area (Å²) in [6.07, 6.45) is 3.95. The van der Waals surface area contributed by atoms with Crippen molar-refractivity contribution in [2.45, 2.75) is 6.42 Å². The molecular weight excluding hydrogens is 264 g/mol. The molecule has 2 aromatic heterocycles. The maximum Gasteiger partial charge on any atom is 0.300 e. The molecule has 2 heterocycles. The monoisotopic (exact) mass is 274 g/mol. The van der Waals surface area contributed by atoms with Gasteiger partial charge in [-0.1, -0.05) is 0 Å². The summed E-state index contributed by atoms with van der Waals surface area (Å²) >= 11 is 0. The van der Waals surface area contributed by atoms with Crippen LogP contribution in [0.1, 0.15) is 5.82 Å². The Morgan fingerprint density at radius 2 is 2.15 bits per heavy atom. The van der Waals surface area contributed by atoms with Crippen molar-refractivity contribution in [2.75, 3.05) is 6.54 Å². The number of nitro benzene ring substituents is 1. The van der Waals surface area contributed by atoms with Crippen molar-refractivity contribution < 1.29 is 9.55 Å². The van der Waals surface area contributed by atoms with E-state index < -0.39 is 4.92 Å². The molecule has 0 unspecified atom stereocenters. The lowest BCUT2D eigenvalue weighted by atomic mass is 10.2. The number of nitrogens with two attached hydrogens (primary N) is 1. The zero-order chi connectivity index (χ0) is 14.1. The average molecular weight is 274 g/mol. The Kier molecular flexibility index (Phi) is 2.88. The normalized spacial score (nSPS) is 11.1. The van der Waals surface area contributed by atoms with Gasteiger partial charge in [0.1, 0.15) is 5.82 Å². The molecule has 1 aromatic carbocycles. The van der Waals surface area contributed by atoms with E-state index >= 15 is 0 Å². The second-order valence-electron chi connectivity index (χ2n) is 4.07. The van der Waals surface area contributed by atoms with Gasteiger partial charge in [-0.25, -0.2) is 9.61 Å². The highest BCUT2D eigenvalue weighted by Crippen LogP contribution is 2.28. The number of fused-ring (bicyclic) bond motifs is 1. The average Bonchev–Trinajstić information content (AvgIpc) is 3.06. The van der Waals surface area contributed by atoms with Gasteiger partial charge in [-0.3, -0.25) is 10.1 Å². The van der Waals surface area contributed by atoms with Gasteiger partial charge in [-0.2, -0.15) is 0 Å². The van der Waals surface area contributed by atoms with Crippen LogP contribution in [0.4, 0.5) is 5.69 Å². The summed E-state index contributed by atoms with van der Waals surface area (Å²) in [6.45, 7) is 0.449. The lowest BCUT2D eigenvalue weighted by molar-refractivity contribution is -0.383. The van der Waals surface area contributed by atoms with E-state index in [-0.39, 0.29) is 11.2 Å². The van der Waals surface area contributed by atoms with Crippen LogP contribution in [-0.2, 0) is 6.42 Å². The molecule has 0 spiro atoms. The maximum atomic E-state index is 10.9. The number of imidazole rings is 1. The molecule has 0 radical (unpaired) electrons. The summed E-state index contributed by atoms with van der Waals surface area (Å²) in [4.78, 5) is 14.6. The van der Waals surface area contributed by atoms with Gasteiger partial charge < -0.3 is 10.3 Å². The van der Waals surface area contributed by atoms with Gasteiger partial charge in [0.2, 0.25) is 5.52 Å². The van der Waals surface area contributed by atoms with E-state index in [1.54, 1.807) is 23.0 Å². The second-order valence-corrected chi connectivity index (χ2v) is 4.07. The third kappa shape index (κ3) is 1.80. The summed E-state index contributed by atoms with van der Waals surface area (Å²) in [5.74, 6) is 0.741. The van der Waals surface area contributed by atoms with Gasteiger partial charge in [0, 0.05) is 24.9 Å². The topological polar surface area (TPSA) is 126 Å². The molecule has 9 nitrogen and oxygen atoms in total. The first-order valence-electron chi connectivity index (χ1n) is 5.84. The van der Waals surface area contributed by atoms with Crippen molar-refractivity contribution in [3.05, 3.63) is 40.5 Å². The van der Waals surface area contributed by atoms with Gasteiger partial charge in [0.05, 0.1) is 10.6 Å². The van der Waals surface area contributed by atoms with Crippen LogP contribution in [0.3, 0.4) is 0 Å².